The molecular formula is C22H26N4O3. The Morgan fingerprint density at radius 2 is 1.83 bits per heavy atom. The molecule has 152 valence electrons. The molecule has 0 unspecified atom stereocenters. The molecule has 29 heavy (non-hydrogen) atoms. The van der Waals surface area contributed by atoms with Gasteiger partial charge in [-0.2, -0.15) is 5.10 Å². The molecule has 0 aliphatic carbocycles. The third-order valence-electron chi connectivity index (χ3n) is 4.16. The van der Waals surface area contributed by atoms with Crippen LogP contribution in [0.15, 0.2) is 53.9 Å². The van der Waals surface area contributed by atoms with Gasteiger partial charge >= 0.3 is 5.97 Å². The zero-order chi connectivity index (χ0) is 21.0. The molecule has 0 spiro atoms. The number of ether oxygens (including phenoxy) is 1. The second-order valence-corrected chi connectivity index (χ2v) is 7.74. The van der Waals surface area contributed by atoms with E-state index in [4.69, 9.17) is 9.57 Å². The van der Waals surface area contributed by atoms with Gasteiger partial charge in [0, 0.05) is 19.4 Å². The van der Waals surface area contributed by atoms with Gasteiger partial charge in [-0.15, -0.1) is 0 Å². The number of esters is 1. The maximum absolute atomic E-state index is 12.1. The Morgan fingerprint density at radius 1 is 1.17 bits per heavy atom. The van der Waals surface area contributed by atoms with Crippen LogP contribution in [0.25, 0.3) is 5.82 Å². The average molecular weight is 394 g/mol. The first-order valence-electron chi connectivity index (χ1n) is 9.39. The molecule has 0 aliphatic heterocycles. The van der Waals surface area contributed by atoms with Crippen molar-refractivity contribution in [1.29, 1.82) is 0 Å². The van der Waals surface area contributed by atoms with Gasteiger partial charge in [0.15, 0.2) is 0 Å². The number of carbonyl (C=O) groups is 1. The first-order valence-corrected chi connectivity index (χ1v) is 9.39. The highest BCUT2D eigenvalue weighted by Gasteiger charge is 2.17. The predicted molar refractivity (Wildman–Crippen MR) is 111 cm³/mol. The molecule has 0 saturated carbocycles. The third-order valence-corrected chi connectivity index (χ3v) is 4.16. The highest BCUT2D eigenvalue weighted by atomic mass is 16.6. The van der Waals surface area contributed by atoms with Crippen molar-refractivity contribution in [2.45, 2.75) is 39.9 Å². The van der Waals surface area contributed by atoms with Crippen molar-refractivity contribution in [2.24, 2.45) is 12.2 Å². The van der Waals surface area contributed by atoms with E-state index in [9.17, 15) is 4.79 Å². The van der Waals surface area contributed by atoms with Crippen LogP contribution in [-0.4, -0.2) is 32.1 Å². The van der Waals surface area contributed by atoms with E-state index in [1.165, 1.54) is 0 Å². The van der Waals surface area contributed by atoms with Crippen molar-refractivity contribution in [3.63, 3.8) is 0 Å². The van der Waals surface area contributed by atoms with Gasteiger partial charge < -0.3 is 14.1 Å². The summed E-state index contributed by atoms with van der Waals surface area (Å²) in [5.74, 6) is 0.578. The van der Waals surface area contributed by atoms with Gasteiger partial charge in [0.2, 0.25) is 0 Å². The van der Waals surface area contributed by atoms with Gasteiger partial charge in [-0.25, -0.2) is 4.79 Å². The number of aromatic nitrogens is 3. The molecule has 0 aliphatic rings. The predicted octanol–water partition coefficient (Wildman–Crippen LogP) is 4.03. The molecule has 0 N–H and O–H groups in total. The summed E-state index contributed by atoms with van der Waals surface area (Å²) in [5.41, 5.74) is 2.66. The quantitative estimate of drug-likeness (QED) is 0.360. The van der Waals surface area contributed by atoms with Crippen molar-refractivity contribution in [3.8, 4) is 5.82 Å². The molecule has 3 rings (SSSR count). The number of benzene rings is 1. The summed E-state index contributed by atoms with van der Waals surface area (Å²) in [6.45, 7) is 7.76. The zero-order valence-electron chi connectivity index (χ0n) is 17.4. The summed E-state index contributed by atoms with van der Waals surface area (Å²) in [4.78, 5) is 17.5. The lowest BCUT2D eigenvalue weighted by molar-refractivity contribution is 0.00694. The van der Waals surface area contributed by atoms with E-state index in [0.29, 0.717) is 12.2 Å². The van der Waals surface area contributed by atoms with Crippen LogP contribution < -0.4 is 0 Å². The van der Waals surface area contributed by atoms with E-state index in [-0.39, 0.29) is 5.97 Å². The Bertz CT molecular complexity index is 994. The molecule has 2 aromatic heterocycles. The summed E-state index contributed by atoms with van der Waals surface area (Å²) in [7, 11) is 1.90. The molecule has 2 heterocycles. The van der Waals surface area contributed by atoms with E-state index >= 15 is 0 Å². The largest absolute Gasteiger partial charge is 0.456 e. The summed E-state index contributed by atoms with van der Waals surface area (Å²) in [6, 6.07) is 11.0. The Hall–Kier alpha value is -3.35. The van der Waals surface area contributed by atoms with E-state index in [1.54, 1.807) is 18.3 Å². The Kier molecular flexibility index (Phi) is 5.87. The Morgan fingerprint density at radius 3 is 2.45 bits per heavy atom. The second-order valence-electron chi connectivity index (χ2n) is 7.74. The molecule has 0 bridgehead atoms. The van der Waals surface area contributed by atoms with Crippen molar-refractivity contribution < 1.29 is 14.4 Å². The number of rotatable bonds is 6. The summed E-state index contributed by atoms with van der Waals surface area (Å²) >= 11 is 0. The molecular weight excluding hydrogens is 368 g/mol. The van der Waals surface area contributed by atoms with E-state index in [0.717, 1.165) is 22.6 Å². The molecule has 0 amide bonds. The standard InChI is InChI=1S/C22H26N4O3/c1-16-19(20(25(5)24-16)26-12-6-7-13-26)14-23-28-15-17-8-10-18(11-9-17)21(27)29-22(2,3)4/h6-14H,15H2,1-5H3/b23-14+. The van der Waals surface area contributed by atoms with E-state index in [2.05, 4.69) is 10.3 Å². The lowest BCUT2D eigenvalue weighted by Gasteiger charge is -2.19. The van der Waals surface area contributed by atoms with Gasteiger partial charge in [0.25, 0.3) is 0 Å². The SMILES string of the molecule is Cc1nn(C)c(-n2cccc2)c1/C=N/OCc1ccc(C(=O)OC(C)(C)C)cc1. The fourth-order valence-corrected chi connectivity index (χ4v) is 2.87. The smallest absolute Gasteiger partial charge is 0.338 e. The molecule has 7 nitrogen and oxygen atoms in total. The minimum Gasteiger partial charge on any atom is -0.456 e. The minimum atomic E-state index is -0.516. The van der Waals surface area contributed by atoms with Gasteiger partial charge in [0.1, 0.15) is 18.0 Å². The number of carbonyl (C=O) groups excluding carboxylic acids is 1. The topological polar surface area (TPSA) is 70.6 Å². The molecule has 1 aromatic carbocycles. The van der Waals surface area contributed by atoms with Crippen LogP contribution in [-0.2, 0) is 23.2 Å². The van der Waals surface area contributed by atoms with E-state index < -0.39 is 5.60 Å². The van der Waals surface area contributed by atoms with Gasteiger partial charge in [-0.3, -0.25) is 4.68 Å². The highest BCUT2D eigenvalue weighted by Crippen LogP contribution is 2.17. The number of nitrogens with zero attached hydrogens (tertiary/aromatic N) is 4. The number of hydrogen-bond acceptors (Lipinski definition) is 5. The second kappa shape index (κ2) is 8.34. The fraction of sp³-hybridized carbons (Fsp3) is 0.318. The first kappa shape index (κ1) is 20.4. The molecule has 0 fully saturated rings. The minimum absolute atomic E-state index is 0.295. The van der Waals surface area contributed by atoms with Crippen molar-refractivity contribution >= 4 is 12.2 Å². The summed E-state index contributed by atoms with van der Waals surface area (Å²) < 4.78 is 9.16. The lowest BCUT2D eigenvalue weighted by Crippen LogP contribution is -2.23. The number of oxime groups is 1. The summed E-state index contributed by atoms with van der Waals surface area (Å²) in [6.07, 6.45) is 5.59. The number of hydrogen-bond donors (Lipinski definition) is 0. The van der Waals surface area contributed by atoms with E-state index in [1.807, 2.05) is 80.7 Å². The Labute approximate surface area is 170 Å². The summed E-state index contributed by atoms with van der Waals surface area (Å²) in [5, 5.41) is 8.56. The van der Waals surface area contributed by atoms with Crippen molar-refractivity contribution in [3.05, 3.63) is 71.2 Å². The highest BCUT2D eigenvalue weighted by molar-refractivity contribution is 5.89. The lowest BCUT2D eigenvalue weighted by atomic mass is 10.1. The fourth-order valence-electron chi connectivity index (χ4n) is 2.87. The normalized spacial score (nSPS) is 11.8. The first-order chi connectivity index (χ1) is 13.7. The maximum atomic E-state index is 12.1. The van der Waals surface area contributed by atoms with Crippen molar-refractivity contribution in [1.82, 2.24) is 14.3 Å². The maximum Gasteiger partial charge on any atom is 0.338 e. The van der Waals surface area contributed by atoms with Gasteiger partial charge in [-0.1, -0.05) is 17.3 Å². The van der Waals surface area contributed by atoms with Crippen LogP contribution in [0.5, 0.6) is 0 Å². The average Bonchev–Trinajstić information content (AvgIpc) is 3.25. The molecule has 0 saturated heterocycles. The van der Waals surface area contributed by atoms with Crippen LogP contribution in [0.4, 0.5) is 0 Å². The third kappa shape index (κ3) is 5.13. The van der Waals surface area contributed by atoms with Crippen molar-refractivity contribution in [2.75, 3.05) is 0 Å². The van der Waals surface area contributed by atoms with Crippen LogP contribution >= 0.6 is 0 Å². The number of aryl methyl sites for hydroxylation is 2. The van der Waals surface area contributed by atoms with Crippen LogP contribution in [0, 0.1) is 6.92 Å². The zero-order valence-corrected chi connectivity index (χ0v) is 17.4. The Balaban J connectivity index is 1.62. The van der Waals surface area contributed by atoms with Crippen LogP contribution in [0.2, 0.25) is 0 Å². The van der Waals surface area contributed by atoms with Crippen LogP contribution in [0.1, 0.15) is 48.0 Å². The molecule has 0 atom stereocenters. The molecule has 7 heteroatoms. The molecule has 3 aromatic rings. The van der Waals surface area contributed by atoms with Gasteiger partial charge in [0.05, 0.1) is 23.0 Å². The molecule has 0 radical (unpaired) electrons. The van der Waals surface area contributed by atoms with Crippen LogP contribution in [0.3, 0.4) is 0 Å². The van der Waals surface area contributed by atoms with Gasteiger partial charge in [-0.05, 0) is 57.5 Å². The monoisotopic (exact) mass is 394 g/mol.